The van der Waals surface area contributed by atoms with Gasteiger partial charge in [-0.2, -0.15) is 0 Å². The molecule has 1 aromatic rings. The van der Waals surface area contributed by atoms with Crippen LogP contribution in [0.4, 0.5) is 0 Å². The number of hydrogen-bond donors (Lipinski definition) is 2. The van der Waals surface area contributed by atoms with Crippen molar-refractivity contribution < 1.29 is 24.5 Å². The lowest BCUT2D eigenvalue weighted by Crippen LogP contribution is -2.65. The Balaban J connectivity index is 1.88. The van der Waals surface area contributed by atoms with E-state index < -0.39 is 5.75 Å². The molecule has 0 aromatic heterocycles. The van der Waals surface area contributed by atoms with Crippen molar-refractivity contribution in [2.45, 2.75) is 66.4 Å². The molecule has 0 saturated heterocycles. The molecule has 1 aromatic carbocycles. The van der Waals surface area contributed by atoms with Crippen molar-refractivity contribution in [3.63, 3.8) is 0 Å². The molecule has 28 heavy (non-hydrogen) atoms. The number of fused-ring (bicyclic) bond motifs is 1. The Morgan fingerprint density at radius 1 is 1.25 bits per heavy atom. The Kier molecular flexibility index (Phi) is 4.12. The van der Waals surface area contributed by atoms with Gasteiger partial charge in [0, 0.05) is 23.3 Å². The summed E-state index contributed by atoms with van der Waals surface area (Å²) < 4.78 is 6.46. The molecule has 5 nitrogen and oxygen atoms in total. The second kappa shape index (κ2) is 5.98. The molecule has 3 saturated carbocycles. The predicted molar refractivity (Wildman–Crippen MR) is 105 cm³/mol. The number of phenolic OH excluding ortho intramolecular Hbond substituents is 2. The molecule has 5 rings (SSSR count). The minimum Gasteiger partial charge on any atom is -0.507 e. The van der Waals surface area contributed by atoms with E-state index in [9.17, 15) is 19.8 Å². The van der Waals surface area contributed by atoms with Gasteiger partial charge >= 0.3 is 0 Å². The normalized spacial score (nSPS) is 32.0. The van der Waals surface area contributed by atoms with Gasteiger partial charge in [-0.1, -0.05) is 34.6 Å². The summed E-state index contributed by atoms with van der Waals surface area (Å²) >= 11 is 0. The lowest BCUT2D eigenvalue weighted by Gasteiger charge is -2.66. The fourth-order valence-electron chi connectivity index (χ4n) is 5.92. The highest BCUT2D eigenvalue weighted by Crippen LogP contribution is 2.67. The molecular weight excluding hydrogens is 356 g/mol. The first-order chi connectivity index (χ1) is 13.0. The number of benzene rings is 1. The molecule has 4 aliphatic rings. The maximum atomic E-state index is 12.9. The van der Waals surface area contributed by atoms with Gasteiger partial charge in [-0.15, -0.1) is 0 Å². The molecule has 152 valence electrons. The van der Waals surface area contributed by atoms with Crippen molar-refractivity contribution in [2.75, 3.05) is 0 Å². The number of carbonyl (C=O) groups is 2. The highest BCUT2D eigenvalue weighted by Gasteiger charge is 2.64. The molecule has 3 aliphatic carbocycles. The molecule has 1 heterocycles. The summed E-state index contributed by atoms with van der Waals surface area (Å²) in [7, 11) is 0. The van der Waals surface area contributed by atoms with E-state index >= 15 is 0 Å². The van der Waals surface area contributed by atoms with Gasteiger partial charge in [0.15, 0.2) is 12.1 Å². The van der Waals surface area contributed by atoms with Gasteiger partial charge < -0.3 is 14.9 Å². The van der Waals surface area contributed by atoms with Crippen molar-refractivity contribution in [2.24, 2.45) is 28.6 Å². The number of rotatable bonds is 4. The SMILES string of the molecule is CC(C)CC(=O)c1c(O)c(C=O)c(O)c2c1O[C@@H]1[C@@H]3C[C@H](C[C@]1(C)C2)C3(C)C. The quantitative estimate of drug-likeness (QED) is 0.587. The highest BCUT2D eigenvalue weighted by molar-refractivity contribution is 6.05. The molecule has 0 spiro atoms. The van der Waals surface area contributed by atoms with Crippen LogP contribution in [0, 0.1) is 28.6 Å². The van der Waals surface area contributed by atoms with Crippen molar-refractivity contribution in [1.29, 1.82) is 0 Å². The number of carbonyl (C=O) groups excluding carboxylic acids is 2. The van der Waals surface area contributed by atoms with Crippen LogP contribution in [0.1, 0.15) is 80.2 Å². The fourth-order valence-corrected chi connectivity index (χ4v) is 5.92. The maximum absolute atomic E-state index is 12.9. The molecular formula is C23H30O5. The van der Waals surface area contributed by atoms with E-state index in [1.807, 2.05) is 13.8 Å². The van der Waals surface area contributed by atoms with Crippen LogP contribution in [0.2, 0.25) is 0 Å². The van der Waals surface area contributed by atoms with E-state index in [0.717, 1.165) is 12.8 Å². The smallest absolute Gasteiger partial charge is 0.170 e. The van der Waals surface area contributed by atoms with Crippen LogP contribution in [0.15, 0.2) is 0 Å². The first kappa shape index (κ1) is 19.3. The summed E-state index contributed by atoms with van der Waals surface area (Å²) in [6, 6.07) is 0. The zero-order chi connectivity index (χ0) is 20.6. The van der Waals surface area contributed by atoms with Gasteiger partial charge in [0.25, 0.3) is 0 Å². The van der Waals surface area contributed by atoms with Gasteiger partial charge in [0.05, 0.1) is 5.56 Å². The first-order valence-corrected chi connectivity index (χ1v) is 10.3. The third-order valence-electron chi connectivity index (χ3n) is 7.66. The summed E-state index contributed by atoms with van der Waals surface area (Å²) in [5, 5.41) is 21.4. The minimum absolute atomic E-state index is 0.0601. The lowest BCUT2D eigenvalue weighted by molar-refractivity contribution is -0.199. The zero-order valence-electron chi connectivity index (χ0n) is 17.3. The average molecular weight is 386 g/mol. The van der Waals surface area contributed by atoms with Crippen molar-refractivity contribution >= 4 is 12.1 Å². The molecule has 0 radical (unpaired) electrons. The Labute approximate surface area is 166 Å². The summed E-state index contributed by atoms with van der Waals surface area (Å²) in [5.74, 6) is 0.435. The molecule has 5 heteroatoms. The second-order valence-corrected chi connectivity index (χ2v) is 10.4. The van der Waals surface area contributed by atoms with Crippen LogP contribution < -0.4 is 4.74 Å². The molecule has 3 fully saturated rings. The predicted octanol–water partition coefficient (Wildman–Crippen LogP) is 4.51. The van der Waals surface area contributed by atoms with Crippen LogP contribution in [-0.4, -0.2) is 28.4 Å². The summed E-state index contributed by atoms with van der Waals surface area (Å²) in [6.45, 7) is 10.6. The van der Waals surface area contributed by atoms with Crippen LogP contribution in [0.5, 0.6) is 17.2 Å². The minimum atomic E-state index is -0.456. The monoisotopic (exact) mass is 386 g/mol. The summed E-state index contributed by atoms with van der Waals surface area (Å²) in [5.41, 5.74) is 0.382. The second-order valence-electron chi connectivity index (χ2n) is 10.4. The molecule has 0 unspecified atom stereocenters. The Hall–Kier alpha value is -2.04. The van der Waals surface area contributed by atoms with Crippen molar-refractivity contribution in [3.8, 4) is 17.2 Å². The van der Waals surface area contributed by atoms with E-state index in [4.69, 9.17) is 4.74 Å². The van der Waals surface area contributed by atoms with Gasteiger partial charge in [-0.3, -0.25) is 9.59 Å². The number of phenols is 2. The molecule has 2 N–H and O–H groups in total. The lowest BCUT2D eigenvalue weighted by atomic mass is 9.41. The van der Waals surface area contributed by atoms with E-state index in [2.05, 4.69) is 20.8 Å². The Bertz CT molecular complexity index is 868. The highest BCUT2D eigenvalue weighted by atomic mass is 16.5. The Morgan fingerprint density at radius 2 is 1.93 bits per heavy atom. The van der Waals surface area contributed by atoms with Crippen molar-refractivity contribution in [1.82, 2.24) is 0 Å². The average Bonchev–Trinajstić information content (AvgIpc) is 2.59. The van der Waals surface area contributed by atoms with Crippen LogP contribution in [0.25, 0.3) is 0 Å². The van der Waals surface area contributed by atoms with E-state index in [1.54, 1.807) is 0 Å². The maximum Gasteiger partial charge on any atom is 0.170 e. The largest absolute Gasteiger partial charge is 0.507 e. The third-order valence-corrected chi connectivity index (χ3v) is 7.66. The number of Topliss-reactive ketones (excluding diaryl/α,β-unsaturated/α-hetero) is 1. The van der Waals surface area contributed by atoms with E-state index in [-0.39, 0.29) is 57.7 Å². The zero-order valence-corrected chi connectivity index (χ0v) is 17.3. The van der Waals surface area contributed by atoms with Crippen molar-refractivity contribution in [3.05, 3.63) is 16.7 Å². The number of ether oxygens (including phenoxy) is 1. The van der Waals surface area contributed by atoms with Crippen LogP contribution >= 0.6 is 0 Å². The summed E-state index contributed by atoms with van der Waals surface area (Å²) in [6.07, 6.45) is 3.25. The van der Waals surface area contributed by atoms with Gasteiger partial charge in [0.1, 0.15) is 28.9 Å². The molecule has 1 aliphatic heterocycles. The van der Waals surface area contributed by atoms with E-state index in [0.29, 0.717) is 30.1 Å². The van der Waals surface area contributed by atoms with E-state index in [1.165, 1.54) is 0 Å². The standard InChI is InChI=1S/C23H30O5/c1-11(2)6-16(25)17-19(27)14(10-24)18(26)13-9-23(5)8-12-7-15(22(12,3)4)21(23)28-20(13)17/h10-12,15,21,26-27H,6-9H2,1-5H3/t12-,15+,21-,23-/m1/s1. The van der Waals surface area contributed by atoms with Gasteiger partial charge in [0.2, 0.25) is 0 Å². The topological polar surface area (TPSA) is 83.8 Å². The number of ketones is 1. The Morgan fingerprint density at radius 3 is 2.50 bits per heavy atom. The summed E-state index contributed by atoms with van der Waals surface area (Å²) in [4.78, 5) is 24.5. The first-order valence-electron chi connectivity index (χ1n) is 10.3. The number of aldehydes is 1. The van der Waals surface area contributed by atoms with Gasteiger partial charge in [-0.05, 0) is 36.5 Å². The third kappa shape index (κ3) is 2.44. The molecule has 4 atom stereocenters. The molecule has 0 amide bonds. The van der Waals surface area contributed by atoms with Crippen LogP contribution in [0.3, 0.4) is 0 Å². The van der Waals surface area contributed by atoms with Gasteiger partial charge in [-0.25, -0.2) is 0 Å². The van der Waals surface area contributed by atoms with Crippen LogP contribution in [-0.2, 0) is 6.42 Å². The number of aromatic hydroxyl groups is 2. The fraction of sp³-hybridized carbons (Fsp3) is 0.652. The number of hydrogen-bond acceptors (Lipinski definition) is 5. The molecule has 2 bridgehead atoms.